The van der Waals surface area contributed by atoms with Gasteiger partial charge in [-0.2, -0.15) is 5.26 Å². The van der Waals surface area contributed by atoms with E-state index in [9.17, 15) is 13.6 Å². The molecule has 0 saturated heterocycles. The van der Waals surface area contributed by atoms with Gasteiger partial charge in [0.2, 0.25) is 0 Å². The summed E-state index contributed by atoms with van der Waals surface area (Å²) in [6.07, 6.45) is -2.34. The fourth-order valence-electron chi connectivity index (χ4n) is 1.81. The van der Waals surface area contributed by atoms with Crippen molar-refractivity contribution in [2.75, 3.05) is 6.61 Å². The number of carbonyl (C=O) groups is 1. The van der Waals surface area contributed by atoms with Gasteiger partial charge < -0.3 is 4.74 Å². The van der Waals surface area contributed by atoms with Gasteiger partial charge in [-0.15, -0.1) is 0 Å². The molecule has 0 amide bonds. The van der Waals surface area contributed by atoms with Crippen molar-refractivity contribution < 1.29 is 18.3 Å². The van der Waals surface area contributed by atoms with Gasteiger partial charge in [0, 0.05) is 5.56 Å². The minimum atomic E-state index is -2.73. The second-order valence-corrected chi connectivity index (χ2v) is 3.97. The number of benzene rings is 1. The Morgan fingerprint density at radius 3 is 2.58 bits per heavy atom. The molecule has 0 bridgehead atoms. The zero-order valence-corrected chi connectivity index (χ0v) is 10.9. The molecule has 0 heterocycles. The first-order valence-corrected chi connectivity index (χ1v) is 6.03. The maximum absolute atomic E-state index is 12.9. The van der Waals surface area contributed by atoms with E-state index in [-0.39, 0.29) is 24.2 Å². The zero-order chi connectivity index (χ0) is 14.4. The van der Waals surface area contributed by atoms with Crippen LogP contribution in [-0.2, 0) is 22.4 Å². The third-order valence-corrected chi connectivity index (χ3v) is 2.71. The van der Waals surface area contributed by atoms with Crippen LogP contribution in [0.15, 0.2) is 12.1 Å². The molecule has 0 aromatic heterocycles. The number of halogens is 2. The molecule has 3 nitrogen and oxygen atoms in total. The molecule has 0 unspecified atom stereocenters. The van der Waals surface area contributed by atoms with E-state index >= 15 is 0 Å². The molecular formula is C14H15F2NO2. The lowest BCUT2D eigenvalue weighted by molar-refractivity contribution is -0.142. The molecule has 5 heteroatoms. The molecular weight excluding hydrogens is 252 g/mol. The van der Waals surface area contributed by atoms with Gasteiger partial charge in [0.15, 0.2) is 0 Å². The Morgan fingerprint density at radius 2 is 2.11 bits per heavy atom. The Morgan fingerprint density at radius 1 is 1.42 bits per heavy atom. The van der Waals surface area contributed by atoms with Crippen molar-refractivity contribution in [1.29, 1.82) is 5.26 Å². The maximum atomic E-state index is 12.9. The number of ether oxygens (including phenoxy) is 1. The van der Waals surface area contributed by atoms with Crippen LogP contribution < -0.4 is 0 Å². The number of esters is 1. The molecule has 0 aliphatic carbocycles. The molecule has 0 spiro atoms. The molecule has 0 atom stereocenters. The molecule has 0 N–H and O–H groups in total. The molecule has 1 rings (SSSR count). The van der Waals surface area contributed by atoms with Gasteiger partial charge in [-0.25, -0.2) is 8.78 Å². The van der Waals surface area contributed by atoms with Crippen LogP contribution in [-0.4, -0.2) is 12.6 Å². The van der Waals surface area contributed by atoms with Crippen molar-refractivity contribution in [3.8, 4) is 6.07 Å². The number of hydrogen-bond acceptors (Lipinski definition) is 3. The summed E-state index contributed by atoms with van der Waals surface area (Å²) in [7, 11) is 0. The quantitative estimate of drug-likeness (QED) is 0.770. The molecule has 102 valence electrons. The van der Waals surface area contributed by atoms with Crippen LogP contribution in [0, 0.1) is 11.3 Å². The number of nitrogens with zero attached hydrogens (tertiary/aromatic N) is 1. The van der Waals surface area contributed by atoms with Gasteiger partial charge in [-0.05, 0) is 30.5 Å². The normalized spacial score (nSPS) is 10.3. The zero-order valence-electron chi connectivity index (χ0n) is 10.9. The van der Waals surface area contributed by atoms with Gasteiger partial charge in [0.25, 0.3) is 6.43 Å². The summed E-state index contributed by atoms with van der Waals surface area (Å²) >= 11 is 0. The summed E-state index contributed by atoms with van der Waals surface area (Å²) in [5, 5.41) is 9.02. The Bertz CT molecular complexity index is 507. The van der Waals surface area contributed by atoms with Crippen LogP contribution in [0.25, 0.3) is 0 Å². The Balaban J connectivity index is 3.24. The number of hydrogen-bond donors (Lipinski definition) is 0. The van der Waals surface area contributed by atoms with Crippen molar-refractivity contribution in [2.45, 2.75) is 33.1 Å². The molecule has 0 radical (unpaired) electrons. The Kier molecular flexibility index (Phi) is 5.43. The van der Waals surface area contributed by atoms with E-state index in [0.29, 0.717) is 17.5 Å². The largest absolute Gasteiger partial charge is 0.466 e. The number of nitriles is 1. The smallest absolute Gasteiger partial charge is 0.310 e. The minimum absolute atomic E-state index is 0.125. The van der Waals surface area contributed by atoms with E-state index in [1.807, 2.05) is 6.92 Å². The van der Waals surface area contributed by atoms with Gasteiger partial charge >= 0.3 is 5.97 Å². The van der Waals surface area contributed by atoms with Crippen LogP contribution >= 0.6 is 0 Å². The number of rotatable bonds is 5. The van der Waals surface area contributed by atoms with Crippen LogP contribution in [0.5, 0.6) is 0 Å². The van der Waals surface area contributed by atoms with Gasteiger partial charge in [-0.1, -0.05) is 13.0 Å². The summed E-state index contributed by atoms with van der Waals surface area (Å²) in [6, 6.07) is 4.69. The first-order valence-electron chi connectivity index (χ1n) is 6.03. The van der Waals surface area contributed by atoms with Crippen molar-refractivity contribution in [3.05, 3.63) is 34.4 Å². The highest BCUT2D eigenvalue weighted by atomic mass is 19.3. The summed E-state index contributed by atoms with van der Waals surface area (Å²) in [6.45, 7) is 3.71. The first-order chi connectivity index (χ1) is 9.03. The van der Waals surface area contributed by atoms with Gasteiger partial charge in [0.1, 0.15) is 0 Å². The molecule has 19 heavy (non-hydrogen) atoms. The fraction of sp³-hybridized carbons (Fsp3) is 0.429. The highest BCUT2D eigenvalue weighted by Gasteiger charge is 2.19. The topological polar surface area (TPSA) is 50.1 Å². The van der Waals surface area contributed by atoms with Crippen molar-refractivity contribution in [1.82, 2.24) is 0 Å². The fourth-order valence-corrected chi connectivity index (χ4v) is 1.81. The second kappa shape index (κ2) is 6.83. The predicted molar refractivity (Wildman–Crippen MR) is 65.8 cm³/mol. The molecule has 0 saturated carbocycles. The third kappa shape index (κ3) is 3.75. The van der Waals surface area contributed by atoms with Crippen LogP contribution in [0.3, 0.4) is 0 Å². The number of carbonyl (C=O) groups excluding carboxylic acids is 1. The summed E-state index contributed by atoms with van der Waals surface area (Å²) < 4.78 is 30.6. The SMILES string of the molecule is CCOC(=O)Cc1cc(CC)cc(C(F)F)c1C#N. The number of alkyl halides is 2. The van der Waals surface area contributed by atoms with E-state index in [4.69, 9.17) is 10.00 Å². The molecule has 0 aliphatic heterocycles. The average molecular weight is 267 g/mol. The minimum Gasteiger partial charge on any atom is -0.466 e. The second-order valence-electron chi connectivity index (χ2n) is 3.97. The van der Waals surface area contributed by atoms with E-state index in [0.717, 1.165) is 0 Å². The lowest BCUT2D eigenvalue weighted by Crippen LogP contribution is -2.10. The van der Waals surface area contributed by atoms with Gasteiger partial charge in [-0.3, -0.25) is 4.79 Å². The third-order valence-electron chi connectivity index (χ3n) is 2.71. The van der Waals surface area contributed by atoms with E-state index in [1.54, 1.807) is 19.1 Å². The first kappa shape index (κ1) is 15.1. The Hall–Kier alpha value is -1.96. The lowest BCUT2D eigenvalue weighted by atomic mass is 9.95. The summed E-state index contributed by atoms with van der Waals surface area (Å²) in [5.41, 5.74) is 0.533. The van der Waals surface area contributed by atoms with Crippen LogP contribution in [0.1, 0.15) is 42.5 Å². The summed E-state index contributed by atoms with van der Waals surface area (Å²) in [4.78, 5) is 11.4. The average Bonchev–Trinajstić information content (AvgIpc) is 2.37. The van der Waals surface area contributed by atoms with Gasteiger partial charge in [0.05, 0.1) is 24.7 Å². The van der Waals surface area contributed by atoms with Crippen LogP contribution in [0.4, 0.5) is 8.78 Å². The highest BCUT2D eigenvalue weighted by molar-refractivity contribution is 5.74. The van der Waals surface area contributed by atoms with E-state index in [1.165, 1.54) is 6.07 Å². The highest BCUT2D eigenvalue weighted by Crippen LogP contribution is 2.27. The predicted octanol–water partition coefficient (Wildman–Crippen LogP) is 3.16. The lowest BCUT2D eigenvalue weighted by Gasteiger charge is -2.11. The van der Waals surface area contributed by atoms with Crippen molar-refractivity contribution in [2.24, 2.45) is 0 Å². The standard InChI is InChI=1S/C14H15F2NO2/c1-3-9-5-10(7-13(18)19-4-2)12(8-17)11(6-9)14(15)16/h5-6,14H,3-4,7H2,1-2H3. The molecule has 0 aliphatic rings. The molecule has 0 fully saturated rings. The van der Waals surface area contributed by atoms with Crippen molar-refractivity contribution in [3.63, 3.8) is 0 Å². The Labute approximate surface area is 110 Å². The molecule has 1 aromatic rings. The monoisotopic (exact) mass is 267 g/mol. The van der Waals surface area contributed by atoms with Crippen molar-refractivity contribution >= 4 is 5.97 Å². The molecule has 1 aromatic carbocycles. The van der Waals surface area contributed by atoms with E-state index in [2.05, 4.69) is 0 Å². The maximum Gasteiger partial charge on any atom is 0.310 e. The van der Waals surface area contributed by atoms with Crippen LogP contribution in [0.2, 0.25) is 0 Å². The number of aryl methyl sites for hydroxylation is 1. The van der Waals surface area contributed by atoms with E-state index < -0.39 is 12.4 Å². The summed E-state index contributed by atoms with van der Waals surface area (Å²) in [5.74, 6) is -0.521.